The standard InChI is InChI=1S/C17H19N3O5S/c21-11-13-3-2-10-20(13)26(24,25)14-8-6-12(7-9-14)15-4-1-5-16(18-15)19-17(22)23/h1,4-9,13,21H,2-3,10-11H2,(H,18,19)(H,22,23). The van der Waals surface area contributed by atoms with Crippen molar-refractivity contribution in [3.05, 3.63) is 42.5 Å². The van der Waals surface area contributed by atoms with Gasteiger partial charge in [0.15, 0.2) is 0 Å². The summed E-state index contributed by atoms with van der Waals surface area (Å²) in [6, 6.07) is 10.8. The molecule has 0 bridgehead atoms. The molecule has 3 N–H and O–H groups in total. The fourth-order valence-electron chi connectivity index (χ4n) is 3.02. The topological polar surface area (TPSA) is 120 Å². The van der Waals surface area contributed by atoms with Crippen LogP contribution in [0.1, 0.15) is 12.8 Å². The van der Waals surface area contributed by atoms with Gasteiger partial charge in [0.2, 0.25) is 10.0 Å². The zero-order chi connectivity index (χ0) is 18.7. The molecule has 0 aliphatic carbocycles. The number of nitrogens with zero attached hydrogens (tertiary/aromatic N) is 2. The van der Waals surface area contributed by atoms with Gasteiger partial charge < -0.3 is 10.2 Å². The van der Waals surface area contributed by atoms with E-state index in [1.54, 1.807) is 24.3 Å². The Morgan fingerprint density at radius 1 is 1.23 bits per heavy atom. The molecule has 1 fully saturated rings. The molecule has 1 aliphatic rings. The van der Waals surface area contributed by atoms with E-state index in [9.17, 15) is 18.3 Å². The summed E-state index contributed by atoms with van der Waals surface area (Å²) in [5, 5.41) is 20.3. The maximum Gasteiger partial charge on any atom is 0.410 e. The van der Waals surface area contributed by atoms with E-state index in [1.165, 1.54) is 22.5 Å². The lowest BCUT2D eigenvalue weighted by Crippen LogP contribution is -2.37. The third-order valence-corrected chi connectivity index (χ3v) is 6.24. The predicted octanol–water partition coefficient (Wildman–Crippen LogP) is 1.98. The fraction of sp³-hybridized carbons (Fsp3) is 0.294. The number of hydrogen-bond donors (Lipinski definition) is 3. The Hall–Kier alpha value is -2.49. The number of nitrogens with one attached hydrogen (secondary N) is 1. The number of carbonyl (C=O) groups is 1. The van der Waals surface area contributed by atoms with Crippen LogP contribution in [-0.4, -0.2) is 53.2 Å². The summed E-state index contributed by atoms with van der Waals surface area (Å²) in [5.74, 6) is 0.189. The number of aliphatic hydroxyl groups excluding tert-OH is 1. The van der Waals surface area contributed by atoms with Crippen molar-refractivity contribution in [2.24, 2.45) is 0 Å². The number of carboxylic acid groups (broad SMARTS) is 1. The van der Waals surface area contributed by atoms with Crippen molar-refractivity contribution in [1.82, 2.24) is 9.29 Å². The quantitative estimate of drug-likeness (QED) is 0.733. The lowest BCUT2D eigenvalue weighted by Gasteiger charge is -2.22. The Labute approximate surface area is 151 Å². The first-order valence-electron chi connectivity index (χ1n) is 8.12. The second kappa shape index (κ2) is 7.40. The molecule has 1 aliphatic heterocycles. The Balaban J connectivity index is 1.86. The second-order valence-electron chi connectivity index (χ2n) is 5.96. The van der Waals surface area contributed by atoms with Crippen molar-refractivity contribution in [2.45, 2.75) is 23.8 Å². The molecule has 1 amide bonds. The zero-order valence-corrected chi connectivity index (χ0v) is 14.7. The summed E-state index contributed by atoms with van der Waals surface area (Å²) in [6.07, 6.45) is 0.178. The third kappa shape index (κ3) is 3.69. The van der Waals surface area contributed by atoms with Crippen molar-refractivity contribution in [3.8, 4) is 11.3 Å². The van der Waals surface area contributed by atoms with E-state index in [0.29, 0.717) is 24.2 Å². The molecule has 3 rings (SSSR count). The van der Waals surface area contributed by atoms with Crippen LogP contribution in [-0.2, 0) is 10.0 Å². The van der Waals surface area contributed by atoms with Gasteiger partial charge in [0.1, 0.15) is 5.82 Å². The van der Waals surface area contributed by atoms with E-state index in [-0.39, 0.29) is 23.4 Å². The van der Waals surface area contributed by atoms with Crippen LogP contribution in [0.25, 0.3) is 11.3 Å². The number of aliphatic hydroxyl groups is 1. The highest BCUT2D eigenvalue weighted by atomic mass is 32.2. The second-order valence-corrected chi connectivity index (χ2v) is 7.85. The van der Waals surface area contributed by atoms with E-state index in [4.69, 9.17) is 5.11 Å². The van der Waals surface area contributed by atoms with Crippen molar-refractivity contribution in [3.63, 3.8) is 0 Å². The SMILES string of the molecule is O=C(O)Nc1cccc(-c2ccc(S(=O)(=O)N3CCCC3CO)cc2)n1. The molecule has 138 valence electrons. The summed E-state index contributed by atoms with van der Waals surface area (Å²) < 4.78 is 26.8. The minimum absolute atomic E-state index is 0.154. The summed E-state index contributed by atoms with van der Waals surface area (Å²) in [7, 11) is -3.66. The average Bonchev–Trinajstić information content (AvgIpc) is 3.11. The van der Waals surface area contributed by atoms with Crippen LogP contribution in [0.5, 0.6) is 0 Å². The first kappa shape index (κ1) is 18.3. The number of aromatic nitrogens is 1. The van der Waals surface area contributed by atoms with Crippen molar-refractivity contribution in [1.29, 1.82) is 0 Å². The summed E-state index contributed by atoms with van der Waals surface area (Å²) in [6.45, 7) is 0.213. The molecule has 8 nitrogen and oxygen atoms in total. The highest BCUT2D eigenvalue weighted by Gasteiger charge is 2.34. The summed E-state index contributed by atoms with van der Waals surface area (Å²) >= 11 is 0. The Kier molecular flexibility index (Phi) is 5.21. The van der Waals surface area contributed by atoms with Gasteiger partial charge >= 0.3 is 6.09 Å². The molecular formula is C17H19N3O5S. The van der Waals surface area contributed by atoms with Crippen LogP contribution in [0.3, 0.4) is 0 Å². The maximum atomic E-state index is 12.8. The van der Waals surface area contributed by atoms with E-state index >= 15 is 0 Å². The van der Waals surface area contributed by atoms with E-state index < -0.39 is 16.1 Å². The summed E-state index contributed by atoms with van der Waals surface area (Å²) in [5.41, 5.74) is 1.19. The fourth-order valence-corrected chi connectivity index (χ4v) is 4.70. The molecular weight excluding hydrogens is 358 g/mol. The molecule has 0 spiro atoms. The van der Waals surface area contributed by atoms with E-state index in [0.717, 1.165) is 6.42 Å². The molecule has 1 unspecified atom stereocenters. The van der Waals surface area contributed by atoms with Gasteiger partial charge in [-0.1, -0.05) is 18.2 Å². The average molecular weight is 377 g/mol. The molecule has 2 aromatic rings. The monoisotopic (exact) mass is 377 g/mol. The van der Waals surface area contributed by atoms with Crippen LogP contribution in [0.2, 0.25) is 0 Å². The molecule has 0 saturated carbocycles. The van der Waals surface area contributed by atoms with Crippen LogP contribution in [0.4, 0.5) is 10.6 Å². The predicted molar refractivity (Wildman–Crippen MR) is 95.3 cm³/mol. The van der Waals surface area contributed by atoms with E-state index in [2.05, 4.69) is 10.3 Å². The number of rotatable bonds is 5. The first-order valence-corrected chi connectivity index (χ1v) is 9.56. The van der Waals surface area contributed by atoms with Crippen LogP contribution in [0.15, 0.2) is 47.4 Å². The highest BCUT2D eigenvalue weighted by molar-refractivity contribution is 7.89. The van der Waals surface area contributed by atoms with Gasteiger partial charge in [-0.15, -0.1) is 0 Å². The van der Waals surface area contributed by atoms with Gasteiger partial charge in [-0.05, 0) is 37.1 Å². The van der Waals surface area contributed by atoms with Crippen LogP contribution >= 0.6 is 0 Å². The minimum atomic E-state index is -3.66. The van der Waals surface area contributed by atoms with Gasteiger partial charge in [0.05, 0.1) is 17.2 Å². The Morgan fingerprint density at radius 2 is 1.96 bits per heavy atom. The number of hydrogen-bond acceptors (Lipinski definition) is 5. The van der Waals surface area contributed by atoms with Crippen LogP contribution in [0, 0.1) is 0 Å². The molecule has 1 saturated heterocycles. The van der Waals surface area contributed by atoms with Gasteiger partial charge in [-0.2, -0.15) is 4.31 Å². The van der Waals surface area contributed by atoms with Gasteiger partial charge in [0, 0.05) is 18.2 Å². The van der Waals surface area contributed by atoms with Crippen LogP contribution < -0.4 is 5.32 Å². The molecule has 26 heavy (non-hydrogen) atoms. The number of amides is 1. The smallest absolute Gasteiger partial charge is 0.410 e. The normalized spacial score (nSPS) is 18.0. The zero-order valence-electron chi connectivity index (χ0n) is 13.9. The molecule has 9 heteroatoms. The van der Waals surface area contributed by atoms with Crippen molar-refractivity contribution < 1.29 is 23.4 Å². The largest absolute Gasteiger partial charge is 0.465 e. The number of pyridine rings is 1. The highest BCUT2D eigenvalue weighted by Crippen LogP contribution is 2.27. The van der Waals surface area contributed by atoms with Gasteiger partial charge in [0.25, 0.3) is 0 Å². The Bertz CT molecular complexity index is 899. The lowest BCUT2D eigenvalue weighted by molar-refractivity contribution is 0.209. The minimum Gasteiger partial charge on any atom is -0.465 e. The summed E-state index contributed by atoms with van der Waals surface area (Å²) in [4.78, 5) is 15.1. The van der Waals surface area contributed by atoms with Gasteiger partial charge in [-0.3, -0.25) is 5.32 Å². The van der Waals surface area contributed by atoms with Gasteiger partial charge in [-0.25, -0.2) is 18.2 Å². The number of anilines is 1. The first-order chi connectivity index (χ1) is 12.4. The molecule has 1 atom stereocenters. The van der Waals surface area contributed by atoms with Crippen molar-refractivity contribution >= 4 is 21.9 Å². The third-order valence-electron chi connectivity index (χ3n) is 4.27. The number of benzene rings is 1. The Morgan fingerprint density at radius 3 is 2.62 bits per heavy atom. The van der Waals surface area contributed by atoms with E-state index in [1.807, 2.05) is 0 Å². The molecule has 0 radical (unpaired) electrons. The molecule has 1 aromatic heterocycles. The maximum absolute atomic E-state index is 12.8. The molecule has 2 heterocycles. The van der Waals surface area contributed by atoms with Crippen molar-refractivity contribution in [2.75, 3.05) is 18.5 Å². The number of sulfonamides is 1. The molecule has 1 aromatic carbocycles. The lowest BCUT2D eigenvalue weighted by atomic mass is 10.1.